The van der Waals surface area contributed by atoms with E-state index in [1.807, 2.05) is 16.9 Å². The van der Waals surface area contributed by atoms with Crippen LogP contribution in [0.15, 0.2) is 122 Å². The topological polar surface area (TPSA) is 55.7 Å². The highest BCUT2D eigenvalue weighted by Gasteiger charge is 2.41. The lowest BCUT2D eigenvalue weighted by Crippen LogP contribution is -2.57. The predicted molar refractivity (Wildman–Crippen MR) is 198 cm³/mol. The summed E-state index contributed by atoms with van der Waals surface area (Å²) in [6.07, 6.45) is 12.0. The molecular formula is C41H36BN5O2. The maximum atomic E-state index is 6.48. The largest absolute Gasteiger partial charge is 0.457 e. The van der Waals surface area contributed by atoms with Gasteiger partial charge in [0.05, 0.1) is 30.9 Å². The molecule has 49 heavy (non-hydrogen) atoms. The van der Waals surface area contributed by atoms with Gasteiger partial charge in [0.15, 0.2) is 0 Å². The number of aromatic nitrogens is 3. The Morgan fingerprint density at radius 1 is 0.633 bits per heavy atom. The standard InChI is InChI=1S/C41H36BN5O2/c1-26(2)32-11-8-12-33(27(3)4)40(32)28-21-44-47(24-28)31-14-16-37-35(20-31)42-34-19-30(46-18-17-45(25-46)29-9-6-5-7-10-29)13-15-36(34)48-38-22-43-23-39(49-37)41(38)42/h5-24,26-27H,25H2,1-4H3. The summed E-state index contributed by atoms with van der Waals surface area (Å²) >= 11 is 0. The summed E-state index contributed by atoms with van der Waals surface area (Å²) in [5.41, 5.74) is 11.5. The molecule has 6 aromatic rings. The van der Waals surface area contributed by atoms with E-state index in [0.29, 0.717) is 11.8 Å². The Bertz CT molecular complexity index is 2220. The second-order valence-electron chi connectivity index (χ2n) is 13.6. The first-order chi connectivity index (χ1) is 23.9. The Balaban J connectivity index is 1.12. The number of hydrogen-bond donors (Lipinski definition) is 0. The number of nitrogens with zero attached hydrogens (tertiary/aromatic N) is 5. The minimum atomic E-state index is -0.0959. The SMILES string of the molecule is CC(C)c1cccc(C(C)C)c1-c1cnn(-c2ccc3c(c2)B2c4cc(N5C=CN(c6ccccc6)C5)ccc4Oc4cncc(c42)O3)c1. The van der Waals surface area contributed by atoms with E-state index in [9.17, 15) is 0 Å². The van der Waals surface area contributed by atoms with Crippen molar-refractivity contribution in [3.63, 3.8) is 0 Å². The molecule has 0 spiro atoms. The predicted octanol–water partition coefficient (Wildman–Crippen LogP) is 7.66. The van der Waals surface area contributed by atoms with Crippen molar-refractivity contribution in [3.05, 3.63) is 133 Å². The van der Waals surface area contributed by atoms with Gasteiger partial charge >= 0.3 is 0 Å². The second-order valence-corrected chi connectivity index (χ2v) is 13.6. The lowest BCUT2D eigenvalue weighted by atomic mass is 9.35. The molecule has 0 fully saturated rings. The van der Waals surface area contributed by atoms with Gasteiger partial charge in [0, 0.05) is 41.0 Å². The van der Waals surface area contributed by atoms with Crippen LogP contribution in [-0.2, 0) is 0 Å². The van der Waals surface area contributed by atoms with Gasteiger partial charge < -0.3 is 19.3 Å². The van der Waals surface area contributed by atoms with E-state index >= 15 is 0 Å². The summed E-state index contributed by atoms with van der Waals surface area (Å²) in [7, 11) is 0. The molecule has 0 saturated heterocycles. The van der Waals surface area contributed by atoms with Gasteiger partial charge in [-0.2, -0.15) is 5.10 Å². The van der Waals surface area contributed by atoms with Crippen LogP contribution in [0.2, 0.25) is 0 Å². The summed E-state index contributed by atoms with van der Waals surface area (Å²) in [6.45, 7) is 9.67. The molecule has 0 amide bonds. The molecule has 240 valence electrons. The third-order valence-corrected chi connectivity index (χ3v) is 9.91. The molecule has 3 aliphatic heterocycles. The molecule has 8 heteroatoms. The van der Waals surface area contributed by atoms with Crippen LogP contribution in [-0.4, -0.2) is 28.1 Å². The Labute approximate surface area is 287 Å². The fraction of sp³-hybridized carbons (Fsp3) is 0.171. The van der Waals surface area contributed by atoms with Gasteiger partial charge in [-0.1, -0.05) is 64.1 Å². The first-order valence-corrected chi connectivity index (χ1v) is 17.0. The number of rotatable bonds is 6. The van der Waals surface area contributed by atoms with E-state index in [2.05, 4.69) is 140 Å². The van der Waals surface area contributed by atoms with Crippen LogP contribution in [0.1, 0.15) is 50.7 Å². The van der Waals surface area contributed by atoms with Crippen LogP contribution in [0, 0.1) is 0 Å². The molecule has 3 aliphatic rings. The van der Waals surface area contributed by atoms with Gasteiger partial charge in [-0.3, -0.25) is 4.98 Å². The summed E-state index contributed by atoms with van der Waals surface area (Å²) in [4.78, 5) is 8.95. The van der Waals surface area contributed by atoms with Crippen LogP contribution in [0.3, 0.4) is 0 Å². The van der Waals surface area contributed by atoms with Crippen LogP contribution in [0.4, 0.5) is 11.4 Å². The number of benzene rings is 4. The zero-order valence-electron chi connectivity index (χ0n) is 28.0. The molecule has 7 nitrogen and oxygen atoms in total. The Kier molecular flexibility index (Phi) is 6.86. The molecule has 4 aromatic carbocycles. The third-order valence-electron chi connectivity index (χ3n) is 9.91. The van der Waals surface area contributed by atoms with Crippen LogP contribution in [0.25, 0.3) is 16.8 Å². The van der Waals surface area contributed by atoms with Crippen molar-refractivity contribution >= 4 is 34.5 Å². The zero-order valence-corrected chi connectivity index (χ0v) is 28.0. The fourth-order valence-electron chi connectivity index (χ4n) is 7.48. The van der Waals surface area contributed by atoms with Gasteiger partial charge in [0.2, 0.25) is 0 Å². The number of pyridine rings is 1. The van der Waals surface area contributed by atoms with Crippen molar-refractivity contribution in [3.8, 4) is 39.8 Å². The summed E-state index contributed by atoms with van der Waals surface area (Å²) < 4.78 is 14.9. The molecule has 0 bridgehead atoms. The highest BCUT2D eigenvalue weighted by molar-refractivity contribution is 6.98. The van der Waals surface area contributed by atoms with Gasteiger partial charge in [-0.05, 0) is 88.0 Å². The molecule has 0 atom stereocenters. The molecule has 0 saturated carbocycles. The van der Waals surface area contributed by atoms with Gasteiger partial charge in [-0.25, -0.2) is 4.68 Å². The van der Waals surface area contributed by atoms with Crippen molar-refractivity contribution in [2.45, 2.75) is 39.5 Å². The summed E-state index contributed by atoms with van der Waals surface area (Å²) in [5.74, 6) is 3.89. The number of ether oxygens (including phenoxy) is 2. The molecule has 9 rings (SSSR count). The average molecular weight is 642 g/mol. The lowest BCUT2D eigenvalue weighted by molar-refractivity contribution is 0.460. The Morgan fingerprint density at radius 3 is 1.90 bits per heavy atom. The van der Waals surface area contributed by atoms with E-state index in [1.165, 1.54) is 16.7 Å². The highest BCUT2D eigenvalue weighted by Crippen LogP contribution is 2.38. The zero-order chi connectivity index (χ0) is 33.2. The van der Waals surface area contributed by atoms with Crippen molar-refractivity contribution in [1.82, 2.24) is 14.8 Å². The normalized spacial score (nSPS) is 14.1. The van der Waals surface area contributed by atoms with Gasteiger partial charge in [0.1, 0.15) is 23.0 Å². The molecule has 0 radical (unpaired) electrons. The summed E-state index contributed by atoms with van der Waals surface area (Å²) in [6, 6.07) is 29.9. The smallest absolute Gasteiger partial charge is 0.261 e. The quantitative estimate of drug-likeness (QED) is 0.174. The monoisotopic (exact) mass is 641 g/mol. The van der Waals surface area contributed by atoms with E-state index in [4.69, 9.17) is 14.6 Å². The number of para-hydroxylation sites is 1. The van der Waals surface area contributed by atoms with Gasteiger partial charge in [-0.15, -0.1) is 0 Å². The Hall–Kier alpha value is -5.76. The fourth-order valence-corrected chi connectivity index (χ4v) is 7.48. The molecule has 5 heterocycles. The summed E-state index contributed by atoms with van der Waals surface area (Å²) in [5, 5.41) is 4.90. The van der Waals surface area contributed by atoms with Crippen LogP contribution in [0.5, 0.6) is 23.0 Å². The third kappa shape index (κ3) is 4.89. The maximum absolute atomic E-state index is 6.48. The molecule has 0 aliphatic carbocycles. The van der Waals surface area contributed by atoms with Crippen molar-refractivity contribution in [2.24, 2.45) is 0 Å². The minimum absolute atomic E-state index is 0.0959. The number of anilines is 2. The van der Waals surface area contributed by atoms with Crippen molar-refractivity contribution in [2.75, 3.05) is 16.5 Å². The van der Waals surface area contributed by atoms with Crippen LogP contribution < -0.4 is 35.7 Å². The van der Waals surface area contributed by atoms with E-state index in [0.717, 1.165) is 68.7 Å². The molecular weight excluding hydrogens is 605 g/mol. The second kappa shape index (κ2) is 11.4. The average Bonchev–Trinajstić information content (AvgIpc) is 3.83. The maximum Gasteiger partial charge on any atom is 0.261 e. The van der Waals surface area contributed by atoms with E-state index in [1.54, 1.807) is 12.4 Å². The highest BCUT2D eigenvalue weighted by atomic mass is 16.5. The van der Waals surface area contributed by atoms with Crippen molar-refractivity contribution < 1.29 is 9.47 Å². The first-order valence-electron chi connectivity index (χ1n) is 17.0. The Morgan fingerprint density at radius 2 is 1.24 bits per heavy atom. The first kappa shape index (κ1) is 29.4. The number of hydrogen-bond acceptors (Lipinski definition) is 6. The van der Waals surface area contributed by atoms with Crippen molar-refractivity contribution in [1.29, 1.82) is 0 Å². The molecule has 0 unspecified atom stereocenters. The van der Waals surface area contributed by atoms with Gasteiger partial charge in [0.25, 0.3) is 6.71 Å². The lowest BCUT2D eigenvalue weighted by Gasteiger charge is -2.33. The van der Waals surface area contributed by atoms with E-state index < -0.39 is 0 Å². The molecule has 2 aromatic heterocycles. The van der Waals surface area contributed by atoms with E-state index in [-0.39, 0.29) is 6.71 Å². The number of fused-ring (bicyclic) bond motifs is 4. The van der Waals surface area contributed by atoms with Crippen LogP contribution >= 0.6 is 0 Å². The minimum Gasteiger partial charge on any atom is -0.457 e. The molecule has 0 N–H and O–H groups in total.